The predicted octanol–water partition coefficient (Wildman–Crippen LogP) is 3.27. The van der Waals surface area contributed by atoms with Crippen molar-refractivity contribution in [2.45, 2.75) is 12.8 Å². The van der Waals surface area contributed by atoms with Crippen molar-refractivity contribution in [2.75, 3.05) is 31.6 Å². The van der Waals surface area contributed by atoms with E-state index in [0.717, 1.165) is 12.8 Å². The van der Waals surface area contributed by atoms with Gasteiger partial charge >= 0.3 is 0 Å². The van der Waals surface area contributed by atoms with E-state index in [0.29, 0.717) is 42.0 Å². The van der Waals surface area contributed by atoms with Gasteiger partial charge in [-0.3, -0.25) is 4.79 Å². The molecule has 1 aliphatic rings. The third kappa shape index (κ3) is 5.03. The van der Waals surface area contributed by atoms with Gasteiger partial charge in [0.15, 0.2) is 11.5 Å². The Balaban J connectivity index is 1.41. The summed E-state index contributed by atoms with van der Waals surface area (Å²) in [6, 6.07) is 13.7. The third-order valence-electron chi connectivity index (χ3n) is 3.88. The molecule has 0 spiro atoms. The lowest BCUT2D eigenvalue weighted by molar-refractivity contribution is -0.119. The molecule has 0 atom stereocenters. The number of carbonyl (C=O) groups excluding carboxylic acids is 1. The van der Waals surface area contributed by atoms with Crippen LogP contribution >= 0.6 is 11.6 Å². The zero-order chi connectivity index (χ0) is 17.5. The molecule has 2 N–H and O–H groups in total. The van der Waals surface area contributed by atoms with E-state index in [2.05, 4.69) is 22.8 Å². The van der Waals surface area contributed by atoms with Crippen LogP contribution in [0.5, 0.6) is 11.5 Å². The van der Waals surface area contributed by atoms with Crippen molar-refractivity contribution in [2.24, 2.45) is 0 Å². The van der Waals surface area contributed by atoms with Crippen molar-refractivity contribution in [1.29, 1.82) is 0 Å². The van der Waals surface area contributed by atoms with Gasteiger partial charge in [-0.25, -0.2) is 0 Å². The Morgan fingerprint density at radius 1 is 1.08 bits per heavy atom. The zero-order valence-electron chi connectivity index (χ0n) is 13.9. The highest BCUT2D eigenvalue weighted by Gasteiger charge is 2.15. The molecule has 0 bridgehead atoms. The summed E-state index contributed by atoms with van der Waals surface area (Å²) in [4.78, 5) is 12.0. The lowest BCUT2D eigenvalue weighted by Gasteiger charge is -2.20. The van der Waals surface area contributed by atoms with Gasteiger partial charge in [0.2, 0.25) is 5.91 Å². The Hall–Kier alpha value is -2.40. The molecule has 0 saturated heterocycles. The second-order valence-corrected chi connectivity index (χ2v) is 6.18. The minimum Gasteiger partial charge on any atom is -0.486 e. The summed E-state index contributed by atoms with van der Waals surface area (Å²) in [7, 11) is 0. The maximum absolute atomic E-state index is 12.0. The summed E-state index contributed by atoms with van der Waals surface area (Å²) >= 11 is 6.21. The van der Waals surface area contributed by atoms with Crippen LogP contribution in [0.2, 0.25) is 5.02 Å². The molecule has 132 valence electrons. The number of halogens is 1. The fourth-order valence-corrected chi connectivity index (χ4v) is 2.82. The molecule has 3 rings (SSSR count). The Kier molecular flexibility index (Phi) is 6.01. The molecule has 0 aromatic heterocycles. The fraction of sp³-hybridized carbons (Fsp3) is 0.316. The highest BCUT2D eigenvalue weighted by atomic mass is 35.5. The van der Waals surface area contributed by atoms with Gasteiger partial charge < -0.3 is 20.1 Å². The molecule has 0 fully saturated rings. The van der Waals surface area contributed by atoms with Gasteiger partial charge in [-0.1, -0.05) is 41.9 Å². The van der Waals surface area contributed by atoms with Gasteiger partial charge in [0.05, 0.1) is 17.3 Å². The summed E-state index contributed by atoms with van der Waals surface area (Å²) in [5, 5.41) is 6.45. The first-order valence-corrected chi connectivity index (χ1v) is 8.74. The van der Waals surface area contributed by atoms with Crippen LogP contribution in [-0.4, -0.2) is 32.2 Å². The van der Waals surface area contributed by atoms with E-state index in [-0.39, 0.29) is 12.5 Å². The number of fused-ring (bicyclic) bond motifs is 1. The van der Waals surface area contributed by atoms with E-state index in [1.165, 1.54) is 5.56 Å². The second-order valence-electron chi connectivity index (χ2n) is 5.77. The van der Waals surface area contributed by atoms with Gasteiger partial charge in [0.25, 0.3) is 0 Å². The van der Waals surface area contributed by atoms with Crippen LogP contribution in [0.4, 0.5) is 5.69 Å². The number of amides is 1. The standard InChI is InChI=1S/C19H21ClN2O3/c20-15-11-17-18(25-10-9-24-17)12-16(15)22-13-19(23)21-8-4-7-14-5-2-1-3-6-14/h1-3,5-6,11-12,22H,4,7-10,13H2,(H,21,23). The highest BCUT2D eigenvalue weighted by Crippen LogP contribution is 2.37. The number of benzene rings is 2. The lowest BCUT2D eigenvalue weighted by atomic mass is 10.1. The Bertz CT molecular complexity index is 722. The van der Waals surface area contributed by atoms with Crippen LogP contribution in [0.1, 0.15) is 12.0 Å². The third-order valence-corrected chi connectivity index (χ3v) is 4.19. The summed E-state index contributed by atoms with van der Waals surface area (Å²) < 4.78 is 11.0. The monoisotopic (exact) mass is 360 g/mol. The van der Waals surface area contributed by atoms with Crippen LogP contribution < -0.4 is 20.1 Å². The lowest BCUT2D eigenvalue weighted by Crippen LogP contribution is -2.30. The first-order valence-electron chi connectivity index (χ1n) is 8.36. The van der Waals surface area contributed by atoms with E-state index in [1.54, 1.807) is 12.1 Å². The average Bonchev–Trinajstić information content (AvgIpc) is 2.64. The van der Waals surface area contributed by atoms with Crippen molar-refractivity contribution < 1.29 is 14.3 Å². The Morgan fingerprint density at radius 2 is 1.80 bits per heavy atom. The Morgan fingerprint density at radius 3 is 2.56 bits per heavy atom. The van der Waals surface area contributed by atoms with Crippen molar-refractivity contribution in [3.63, 3.8) is 0 Å². The van der Waals surface area contributed by atoms with Crippen molar-refractivity contribution in [3.8, 4) is 11.5 Å². The molecule has 25 heavy (non-hydrogen) atoms. The Labute approximate surface area is 152 Å². The number of carbonyl (C=O) groups is 1. The number of aryl methyl sites for hydroxylation is 1. The molecule has 0 radical (unpaired) electrons. The highest BCUT2D eigenvalue weighted by molar-refractivity contribution is 6.33. The fourth-order valence-electron chi connectivity index (χ4n) is 2.60. The minimum absolute atomic E-state index is 0.0704. The van der Waals surface area contributed by atoms with E-state index in [9.17, 15) is 4.79 Å². The van der Waals surface area contributed by atoms with Gasteiger partial charge in [-0.05, 0) is 18.4 Å². The first-order chi connectivity index (χ1) is 12.2. The summed E-state index contributed by atoms with van der Waals surface area (Å²) in [6.45, 7) is 1.83. The van der Waals surface area contributed by atoms with Crippen LogP contribution in [0.15, 0.2) is 42.5 Å². The SMILES string of the molecule is O=C(CNc1cc2c(cc1Cl)OCCO2)NCCCc1ccccc1. The maximum atomic E-state index is 12.0. The topological polar surface area (TPSA) is 59.6 Å². The maximum Gasteiger partial charge on any atom is 0.239 e. The predicted molar refractivity (Wildman–Crippen MR) is 98.7 cm³/mol. The molecule has 2 aromatic carbocycles. The molecule has 6 heteroatoms. The summed E-state index contributed by atoms with van der Waals surface area (Å²) in [6.07, 6.45) is 1.85. The van der Waals surface area contributed by atoms with Crippen LogP contribution in [0, 0.1) is 0 Å². The van der Waals surface area contributed by atoms with Crippen LogP contribution in [0.3, 0.4) is 0 Å². The molecule has 5 nitrogen and oxygen atoms in total. The van der Waals surface area contributed by atoms with Crippen LogP contribution in [0.25, 0.3) is 0 Å². The summed E-state index contributed by atoms with van der Waals surface area (Å²) in [5.41, 5.74) is 1.93. The van der Waals surface area contributed by atoms with E-state index >= 15 is 0 Å². The molecular formula is C19H21ClN2O3. The molecule has 0 unspecified atom stereocenters. The molecule has 0 aliphatic carbocycles. The van der Waals surface area contributed by atoms with Gasteiger partial charge in [0, 0.05) is 18.7 Å². The normalized spacial score (nSPS) is 12.5. The molecule has 0 saturated carbocycles. The zero-order valence-corrected chi connectivity index (χ0v) is 14.6. The first kappa shape index (κ1) is 17.4. The smallest absolute Gasteiger partial charge is 0.239 e. The number of nitrogens with one attached hydrogen (secondary N) is 2. The molecular weight excluding hydrogens is 340 g/mol. The van der Waals surface area contributed by atoms with Crippen molar-refractivity contribution >= 4 is 23.2 Å². The van der Waals surface area contributed by atoms with Crippen molar-refractivity contribution in [1.82, 2.24) is 5.32 Å². The number of ether oxygens (including phenoxy) is 2. The number of anilines is 1. The van der Waals surface area contributed by atoms with Gasteiger partial charge in [0.1, 0.15) is 13.2 Å². The van der Waals surface area contributed by atoms with Crippen molar-refractivity contribution in [3.05, 3.63) is 53.1 Å². The molecule has 1 heterocycles. The quantitative estimate of drug-likeness (QED) is 0.744. The molecule has 1 aliphatic heterocycles. The molecule has 2 aromatic rings. The van der Waals surface area contributed by atoms with E-state index in [4.69, 9.17) is 21.1 Å². The van der Waals surface area contributed by atoms with E-state index in [1.807, 2.05) is 18.2 Å². The number of hydrogen-bond donors (Lipinski definition) is 2. The summed E-state index contributed by atoms with van der Waals surface area (Å²) in [5.74, 6) is 1.20. The molecule has 1 amide bonds. The average molecular weight is 361 g/mol. The van der Waals surface area contributed by atoms with Gasteiger partial charge in [-0.2, -0.15) is 0 Å². The minimum atomic E-state index is -0.0704. The largest absolute Gasteiger partial charge is 0.486 e. The number of hydrogen-bond acceptors (Lipinski definition) is 4. The van der Waals surface area contributed by atoms with Crippen LogP contribution in [-0.2, 0) is 11.2 Å². The van der Waals surface area contributed by atoms with E-state index < -0.39 is 0 Å². The second kappa shape index (κ2) is 8.62. The van der Waals surface area contributed by atoms with Gasteiger partial charge in [-0.15, -0.1) is 0 Å². The number of rotatable bonds is 7.